The molecule has 1 aliphatic heterocycles. The van der Waals surface area contributed by atoms with Crippen LogP contribution in [0.5, 0.6) is 0 Å². The third-order valence-corrected chi connectivity index (χ3v) is 4.68. The largest absolute Gasteiger partial charge is 0.465 e. The number of H-pyrrole nitrogens is 1. The second-order valence-corrected chi connectivity index (χ2v) is 6.13. The fourth-order valence-electron chi connectivity index (χ4n) is 3.36. The number of aromatic amines is 1. The molecule has 1 saturated heterocycles. The molecule has 3 rings (SSSR count). The van der Waals surface area contributed by atoms with Gasteiger partial charge in [-0.1, -0.05) is 0 Å². The van der Waals surface area contributed by atoms with E-state index in [2.05, 4.69) is 14.7 Å². The summed E-state index contributed by atoms with van der Waals surface area (Å²) in [6, 6.07) is 4.48. The lowest BCUT2D eigenvalue weighted by molar-refractivity contribution is -0.384. The molecule has 8 heteroatoms. The van der Waals surface area contributed by atoms with E-state index in [1.807, 2.05) is 11.8 Å². The van der Waals surface area contributed by atoms with Crippen molar-refractivity contribution in [2.45, 2.75) is 25.7 Å². The molecule has 8 nitrogen and oxygen atoms in total. The van der Waals surface area contributed by atoms with Crippen LogP contribution in [0.1, 0.15) is 40.5 Å². The quantitative estimate of drug-likeness (QED) is 0.520. The predicted octanol–water partition coefficient (Wildman–Crippen LogP) is 2.80. The number of nitrogens with one attached hydrogen (secondary N) is 1. The second-order valence-electron chi connectivity index (χ2n) is 6.13. The molecule has 0 radical (unpaired) electrons. The van der Waals surface area contributed by atoms with Gasteiger partial charge in [-0.3, -0.25) is 10.1 Å². The summed E-state index contributed by atoms with van der Waals surface area (Å²) in [5, 5.41) is 11.4. The molecule has 1 aromatic carbocycles. The molecule has 1 N–H and O–H groups in total. The maximum absolute atomic E-state index is 11.6. The predicted molar refractivity (Wildman–Crippen MR) is 91.9 cm³/mol. The molecule has 25 heavy (non-hydrogen) atoms. The van der Waals surface area contributed by atoms with Gasteiger partial charge in [0.25, 0.3) is 5.69 Å². The van der Waals surface area contributed by atoms with E-state index < -0.39 is 10.9 Å². The zero-order chi connectivity index (χ0) is 18.0. The minimum atomic E-state index is -0.581. The lowest BCUT2D eigenvalue weighted by Crippen LogP contribution is -2.33. The Hall–Kier alpha value is -2.90. The van der Waals surface area contributed by atoms with Crippen molar-refractivity contribution in [3.05, 3.63) is 51.6 Å². The zero-order valence-corrected chi connectivity index (χ0v) is 14.2. The number of hydrogen-bond donors (Lipinski definition) is 1. The number of nitrogens with zero attached hydrogens (tertiary/aromatic N) is 3. The number of aryl methyl sites for hydroxylation is 1. The fourth-order valence-corrected chi connectivity index (χ4v) is 3.36. The number of piperidine rings is 1. The Labute approximate surface area is 145 Å². The number of imidazole rings is 1. The average molecular weight is 344 g/mol. The van der Waals surface area contributed by atoms with Gasteiger partial charge in [0.1, 0.15) is 5.69 Å². The number of rotatable bonds is 4. The summed E-state index contributed by atoms with van der Waals surface area (Å²) in [6.07, 6.45) is 3.45. The fraction of sp³-hybridized carbons (Fsp3) is 0.412. The van der Waals surface area contributed by atoms with Crippen LogP contribution in [-0.4, -0.2) is 41.1 Å². The van der Waals surface area contributed by atoms with Crippen LogP contribution in [0.3, 0.4) is 0 Å². The van der Waals surface area contributed by atoms with Gasteiger partial charge in [0, 0.05) is 30.8 Å². The van der Waals surface area contributed by atoms with E-state index in [0.29, 0.717) is 24.7 Å². The first-order valence-electron chi connectivity index (χ1n) is 8.13. The minimum absolute atomic E-state index is 0.0719. The van der Waals surface area contributed by atoms with Crippen molar-refractivity contribution >= 4 is 17.3 Å². The van der Waals surface area contributed by atoms with Gasteiger partial charge >= 0.3 is 5.97 Å². The van der Waals surface area contributed by atoms with Gasteiger partial charge in [0.15, 0.2) is 0 Å². The Morgan fingerprint density at radius 1 is 1.40 bits per heavy atom. The number of esters is 1. The SMILES string of the molecule is COC(=O)c1ccc(N2CCC(c3nc[nH]c3C)CC2)c([N+](=O)[O-])c1. The standard InChI is InChI=1S/C17H20N4O4/c1-11-16(19-10-18-11)12-5-7-20(8-6-12)14-4-3-13(17(22)25-2)9-15(14)21(23)24/h3-4,9-10,12H,5-8H2,1-2H3,(H,18,19). The van der Waals surface area contributed by atoms with Crippen molar-refractivity contribution in [2.24, 2.45) is 0 Å². The Bertz CT molecular complexity index is 794. The van der Waals surface area contributed by atoms with Crippen molar-refractivity contribution in [3.63, 3.8) is 0 Å². The van der Waals surface area contributed by atoms with Crippen LogP contribution < -0.4 is 4.90 Å². The smallest absolute Gasteiger partial charge is 0.338 e. The lowest BCUT2D eigenvalue weighted by atomic mass is 9.92. The molecule has 1 aliphatic rings. The van der Waals surface area contributed by atoms with E-state index in [1.54, 1.807) is 18.5 Å². The molecule has 132 valence electrons. The maximum Gasteiger partial charge on any atom is 0.338 e. The third kappa shape index (κ3) is 3.33. The molecular weight excluding hydrogens is 324 g/mol. The van der Waals surface area contributed by atoms with Crippen LogP contribution >= 0.6 is 0 Å². The third-order valence-electron chi connectivity index (χ3n) is 4.68. The molecule has 0 bridgehead atoms. The van der Waals surface area contributed by atoms with Gasteiger partial charge in [-0.15, -0.1) is 0 Å². The molecule has 0 unspecified atom stereocenters. The maximum atomic E-state index is 11.6. The van der Waals surface area contributed by atoms with Crippen molar-refractivity contribution in [3.8, 4) is 0 Å². The summed E-state index contributed by atoms with van der Waals surface area (Å²) in [6.45, 7) is 3.41. The number of carbonyl (C=O) groups is 1. The van der Waals surface area contributed by atoms with Crippen LogP contribution in [0.2, 0.25) is 0 Å². The van der Waals surface area contributed by atoms with E-state index in [-0.39, 0.29) is 11.3 Å². The van der Waals surface area contributed by atoms with Crippen molar-refractivity contribution in [1.29, 1.82) is 0 Å². The summed E-state index contributed by atoms with van der Waals surface area (Å²) in [5.41, 5.74) is 2.80. The van der Waals surface area contributed by atoms with Gasteiger partial charge in [0.2, 0.25) is 0 Å². The highest BCUT2D eigenvalue weighted by Gasteiger charge is 2.28. The molecule has 1 fully saturated rings. The average Bonchev–Trinajstić information content (AvgIpc) is 3.06. The highest BCUT2D eigenvalue weighted by molar-refractivity contribution is 5.91. The molecule has 0 spiro atoms. The van der Waals surface area contributed by atoms with E-state index in [1.165, 1.54) is 13.2 Å². The monoisotopic (exact) mass is 344 g/mol. The first-order chi connectivity index (χ1) is 12.0. The first kappa shape index (κ1) is 16.9. The summed E-state index contributed by atoms with van der Waals surface area (Å²) < 4.78 is 4.64. The molecular formula is C17H20N4O4. The Balaban J connectivity index is 1.80. The number of anilines is 1. The number of ether oxygens (including phenoxy) is 1. The molecule has 0 amide bonds. The molecule has 2 aromatic rings. The van der Waals surface area contributed by atoms with Crippen molar-refractivity contribution in [1.82, 2.24) is 9.97 Å². The van der Waals surface area contributed by atoms with Crippen molar-refractivity contribution < 1.29 is 14.5 Å². The number of benzene rings is 1. The highest BCUT2D eigenvalue weighted by Crippen LogP contribution is 2.35. The van der Waals surface area contributed by atoms with Gasteiger partial charge in [-0.25, -0.2) is 9.78 Å². The number of carbonyl (C=O) groups excluding carboxylic acids is 1. The normalized spacial score (nSPS) is 15.2. The number of aromatic nitrogens is 2. The molecule has 0 aliphatic carbocycles. The minimum Gasteiger partial charge on any atom is -0.465 e. The van der Waals surface area contributed by atoms with Crippen LogP contribution in [-0.2, 0) is 4.74 Å². The Morgan fingerprint density at radius 3 is 2.68 bits per heavy atom. The molecule has 0 atom stereocenters. The summed E-state index contributed by atoms with van der Waals surface area (Å²) in [4.78, 5) is 32.1. The molecule has 1 aromatic heterocycles. The number of nitro groups is 1. The van der Waals surface area contributed by atoms with E-state index in [4.69, 9.17) is 0 Å². The highest BCUT2D eigenvalue weighted by atomic mass is 16.6. The van der Waals surface area contributed by atoms with Crippen LogP contribution in [0, 0.1) is 17.0 Å². The van der Waals surface area contributed by atoms with E-state index in [0.717, 1.165) is 24.2 Å². The summed E-state index contributed by atoms with van der Waals surface area (Å²) in [7, 11) is 1.25. The second kappa shape index (κ2) is 6.92. The van der Waals surface area contributed by atoms with Gasteiger partial charge in [0.05, 0.1) is 29.6 Å². The molecule has 2 heterocycles. The van der Waals surface area contributed by atoms with Crippen LogP contribution in [0.25, 0.3) is 0 Å². The van der Waals surface area contributed by atoms with Crippen LogP contribution in [0.4, 0.5) is 11.4 Å². The summed E-state index contributed by atoms with van der Waals surface area (Å²) in [5.74, 6) is -0.224. The Kier molecular flexibility index (Phi) is 4.69. The first-order valence-corrected chi connectivity index (χ1v) is 8.13. The zero-order valence-electron chi connectivity index (χ0n) is 14.2. The topological polar surface area (TPSA) is 101 Å². The number of nitro benzene ring substituents is 1. The number of hydrogen-bond acceptors (Lipinski definition) is 6. The van der Waals surface area contributed by atoms with Crippen LogP contribution in [0.15, 0.2) is 24.5 Å². The molecule has 0 saturated carbocycles. The lowest BCUT2D eigenvalue weighted by Gasteiger charge is -2.33. The van der Waals surface area contributed by atoms with Gasteiger partial charge in [-0.2, -0.15) is 0 Å². The van der Waals surface area contributed by atoms with E-state index in [9.17, 15) is 14.9 Å². The summed E-state index contributed by atoms with van der Waals surface area (Å²) >= 11 is 0. The number of methoxy groups -OCH3 is 1. The Morgan fingerprint density at radius 2 is 2.12 bits per heavy atom. The van der Waals surface area contributed by atoms with Crippen molar-refractivity contribution in [2.75, 3.05) is 25.1 Å². The van der Waals surface area contributed by atoms with Gasteiger partial charge in [-0.05, 0) is 31.9 Å². The van der Waals surface area contributed by atoms with E-state index >= 15 is 0 Å². The van der Waals surface area contributed by atoms with Gasteiger partial charge < -0.3 is 14.6 Å².